The summed E-state index contributed by atoms with van der Waals surface area (Å²) in [4.78, 5) is 0. The van der Waals surface area contributed by atoms with E-state index in [4.69, 9.17) is 18.3 Å². The molecule has 0 spiro atoms. The molecule has 0 amide bonds. The van der Waals surface area contributed by atoms with E-state index in [-0.39, 0.29) is 5.75 Å². The van der Waals surface area contributed by atoms with Gasteiger partial charge in [0.2, 0.25) is 23.6 Å². The molecule has 5 rings (SSSR count). The summed E-state index contributed by atoms with van der Waals surface area (Å²) < 4.78 is 21.6. The Bertz CT molecular complexity index is 1380. The lowest BCUT2D eigenvalue weighted by Crippen LogP contribution is -1.95. The number of nitrogens with zero attached hydrogens (tertiary/aromatic N) is 4. The summed E-state index contributed by atoms with van der Waals surface area (Å²) in [7, 11) is 1.65. The van der Waals surface area contributed by atoms with Gasteiger partial charge in [-0.1, -0.05) is 24.3 Å². The molecular formula is C26H24N4O5. The fraction of sp³-hybridized carbons (Fsp3) is 0.154. The van der Waals surface area contributed by atoms with Crippen molar-refractivity contribution in [3.05, 3.63) is 90.1 Å². The molecule has 178 valence electrons. The van der Waals surface area contributed by atoms with Gasteiger partial charge in [-0.05, 0) is 54.1 Å². The molecule has 0 fully saturated rings. The number of hydrogen-bond acceptors (Lipinski definition) is 9. The van der Waals surface area contributed by atoms with Crippen LogP contribution in [0.15, 0.2) is 81.6 Å². The van der Waals surface area contributed by atoms with Gasteiger partial charge in [-0.2, -0.15) is 0 Å². The predicted octanol–water partition coefficient (Wildman–Crippen LogP) is 5.38. The van der Waals surface area contributed by atoms with Gasteiger partial charge in [0.25, 0.3) is 0 Å². The van der Waals surface area contributed by atoms with Crippen molar-refractivity contribution in [2.24, 2.45) is 0 Å². The van der Waals surface area contributed by atoms with E-state index < -0.39 is 0 Å². The minimum atomic E-state index is 0.188. The van der Waals surface area contributed by atoms with Crippen LogP contribution in [0.25, 0.3) is 22.9 Å². The van der Waals surface area contributed by atoms with Crippen LogP contribution < -0.4 is 9.47 Å². The second-order valence-electron chi connectivity index (χ2n) is 7.47. The van der Waals surface area contributed by atoms with Crippen molar-refractivity contribution >= 4 is 0 Å². The summed E-state index contributed by atoms with van der Waals surface area (Å²) in [5, 5.41) is 24.6. The summed E-state index contributed by atoms with van der Waals surface area (Å²) >= 11 is 0. The third-order valence-corrected chi connectivity index (χ3v) is 4.79. The van der Waals surface area contributed by atoms with E-state index in [1.165, 1.54) is 0 Å². The van der Waals surface area contributed by atoms with Crippen molar-refractivity contribution in [1.29, 1.82) is 0 Å². The Kier molecular flexibility index (Phi) is 7.37. The lowest BCUT2D eigenvalue weighted by atomic mass is 10.2. The van der Waals surface area contributed by atoms with Gasteiger partial charge in [-0.15, -0.1) is 20.4 Å². The Morgan fingerprint density at radius 2 is 1.31 bits per heavy atom. The van der Waals surface area contributed by atoms with Crippen molar-refractivity contribution in [2.75, 3.05) is 7.11 Å². The summed E-state index contributed by atoms with van der Waals surface area (Å²) in [6, 6.07) is 22.1. The number of phenols is 1. The Morgan fingerprint density at radius 3 is 1.86 bits per heavy atom. The summed E-state index contributed by atoms with van der Waals surface area (Å²) in [6.07, 6.45) is 0. The molecule has 35 heavy (non-hydrogen) atoms. The number of benzene rings is 3. The normalized spacial score (nSPS) is 10.4. The van der Waals surface area contributed by atoms with Gasteiger partial charge in [0.05, 0.1) is 7.11 Å². The zero-order valence-corrected chi connectivity index (χ0v) is 19.5. The number of aromatic nitrogens is 4. The van der Waals surface area contributed by atoms with E-state index in [0.717, 1.165) is 28.2 Å². The predicted molar refractivity (Wildman–Crippen MR) is 128 cm³/mol. The first-order valence-corrected chi connectivity index (χ1v) is 10.8. The van der Waals surface area contributed by atoms with Gasteiger partial charge in [-0.25, -0.2) is 0 Å². The standard InChI is InChI=1S/C17H16N2O3.C9H8N2O2/c1-12-18-19-17(22-12)14-4-3-5-16(10-14)21-11-13-6-8-15(20-2)9-7-13;1-6-10-11-9(13-6)7-3-2-4-8(12)5-7/h3-10H,11H2,1-2H3;2-5,12H,1H3. The molecule has 9 nitrogen and oxygen atoms in total. The van der Waals surface area contributed by atoms with Gasteiger partial charge in [0, 0.05) is 25.0 Å². The fourth-order valence-electron chi connectivity index (χ4n) is 3.07. The van der Waals surface area contributed by atoms with E-state index in [0.29, 0.717) is 30.2 Å². The van der Waals surface area contributed by atoms with Crippen LogP contribution >= 0.6 is 0 Å². The Hall–Kier alpha value is -4.66. The van der Waals surface area contributed by atoms with Crippen LogP contribution in [-0.4, -0.2) is 32.6 Å². The molecular weight excluding hydrogens is 448 g/mol. The number of methoxy groups -OCH3 is 1. The highest BCUT2D eigenvalue weighted by atomic mass is 16.5. The third-order valence-electron chi connectivity index (χ3n) is 4.79. The Morgan fingerprint density at radius 1 is 0.714 bits per heavy atom. The molecule has 3 aromatic carbocycles. The van der Waals surface area contributed by atoms with Crippen LogP contribution in [0.3, 0.4) is 0 Å². The smallest absolute Gasteiger partial charge is 0.247 e. The fourth-order valence-corrected chi connectivity index (χ4v) is 3.07. The van der Waals surface area contributed by atoms with Crippen LogP contribution in [0.2, 0.25) is 0 Å². The molecule has 1 N–H and O–H groups in total. The van der Waals surface area contributed by atoms with Gasteiger partial charge in [0.1, 0.15) is 23.9 Å². The maximum Gasteiger partial charge on any atom is 0.247 e. The van der Waals surface area contributed by atoms with Gasteiger partial charge in [0.15, 0.2) is 0 Å². The number of phenolic OH excluding ortho intramolecular Hbond substituents is 1. The molecule has 0 aliphatic carbocycles. The van der Waals surface area contributed by atoms with E-state index in [1.807, 2.05) is 48.5 Å². The molecule has 0 saturated heterocycles. The summed E-state index contributed by atoms with van der Waals surface area (Å²) in [6.45, 7) is 3.97. The van der Waals surface area contributed by atoms with Crippen LogP contribution in [0.5, 0.6) is 17.2 Å². The molecule has 2 heterocycles. The third kappa shape index (κ3) is 6.44. The van der Waals surface area contributed by atoms with Crippen LogP contribution in [0, 0.1) is 13.8 Å². The van der Waals surface area contributed by atoms with E-state index in [9.17, 15) is 5.11 Å². The second kappa shape index (κ2) is 11.0. The minimum absolute atomic E-state index is 0.188. The molecule has 9 heteroatoms. The van der Waals surface area contributed by atoms with Gasteiger partial charge in [-0.3, -0.25) is 0 Å². The maximum atomic E-state index is 9.19. The van der Waals surface area contributed by atoms with Gasteiger partial charge < -0.3 is 23.4 Å². The number of rotatable bonds is 6. The average molecular weight is 473 g/mol. The highest BCUT2D eigenvalue weighted by molar-refractivity contribution is 5.56. The lowest BCUT2D eigenvalue weighted by molar-refractivity contribution is 0.306. The molecule has 0 radical (unpaired) electrons. The first kappa shape index (κ1) is 23.5. The minimum Gasteiger partial charge on any atom is -0.508 e. The van der Waals surface area contributed by atoms with Crippen LogP contribution in [-0.2, 0) is 6.61 Å². The highest BCUT2D eigenvalue weighted by Gasteiger charge is 2.07. The maximum absolute atomic E-state index is 9.19. The highest BCUT2D eigenvalue weighted by Crippen LogP contribution is 2.24. The van der Waals surface area contributed by atoms with Crippen molar-refractivity contribution in [1.82, 2.24) is 20.4 Å². The first-order chi connectivity index (χ1) is 17.0. The molecule has 0 aliphatic heterocycles. The number of hydrogen-bond donors (Lipinski definition) is 1. The molecule has 2 aromatic heterocycles. The molecule has 5 aromatic rings. The second-order valence-corrected chi connectivity index (χ2v) is 7.47. The van der Waals surface area contributed by atoms with Crippen molar-refractivity contribution < 1.29 is 23.4 Å². The first-order valence-electron chi connectivity index (χ1n) is 10.8. The molecule has 0 saturated carbocycles. The van der Waals surface area contributed by atoms with Crippen molar-refractivity contribution in [2.45, 2.75) is 20.5 Å². The SMILES string of the molecule is COc1ccc(COc2cccc(-c3nnc(C)o3)c2)cc1.Cc1nnc(-c2cccc(O)c2)o1. The van der Waals surface area contributed by atoms with E-state index in [1.54, 1.807) is 45.2 Å². The van der Waals surface area contributed by atoms with Crippen LogP contribution in [0.4, 0.5) is 0 Å². The van der Waals surface area contributed by atoms with E-state index >= 15 is 0 Å². The quantitative estimate of drug-likeness (QED) is 0.347. The molecule has 0 atom stereocenters. The van der Waals surface area contributed by atoms with Crippen LogP contribution in [0.1, 0.15) is 17.3 Å². The van der Waals surface area contributed by atoms with Crippen molar-refractivity contribution in [3.63, 3.8) is 0 Å². The molecule has 0 bridgehead atoms. The van der Waals surface area contributed by atoms with Crippen molar-refractivity contribution in [3.8, 4) is 40.2 Å². The Balaban J connectivity index is 0.000000189. The monoisotopic (exact) mass is 472 g/mol. The number of ether oxygens (including phenoxy) is 2. The zero-order valence-electron chi connectivity index (χ0n) is 19.5. The average Bonchev–Trinajstić information content (AvgIpc) is 3.52. The largest absolute Gasteiger partial charge is 0.508 e. The zero-order chi connectivity index (χ0) is 24.6. The Labute approximate surface area is 202 Å². The molecule has 0 aliphatic rings. The molecule has 0 unspecified atom stereocenters. The summed E-state index contributed by atoms with van der Waals surface area (Å²) in [5.74, 6) is 3.74. The number of aryl methyl sites for hydroxylation is 2. The summed E-state index contributed by atoms with van der Waals surface area (Å²) in [5.41, 5.74) is 2.63. The number of aromatic hydroxyl groups is 1. The van der Waals surface area contributed by atoms with Gasteiger partial charge >= 0.3 is 0 Å². The van der Waals surface area contributed by atoms with E-state index in [2.05, 4.69) is 20.4 Å². The lowest BCUT2D eigenvalue weighted by Gasteiger charge is -2.07. The topological polar surface area (TPSA) is 117 Å².